The lowest BCUT2D eigenvalue weighted by Gasteiger charge is -2.33. The van der Waals surface area contributed by atoms with E-state index in [1.807, 2.05) is 10.9 Å². The summed E-state index contributed by atoms with van der Waals surface area (Å²) in [4.78, 5) is 13.7. The summed E-state index contributed by atoms with van der Waals surface area (Å²) in [6, 6.07) is 0. The maximum Gasteiger partial charge on any atom is 0.163 e. The van der Waals surface area contributed by atoms with Gasteiger partial charge in [0.1, 0.15) is 12.1 Å². The molecule has 1 saturated heterocycles. The number of piperazine rings is 1. The molecule has 3 rings (SSSR count). The van der Waals surface area contributed by atoms with Gasteiger partial charge in [0.05, 0.1) is 11.6 Å². The minimum Gasteiger partial charge on any atom is -0.353 e. The molecule has 0 unspecified atom stereocenters. The zero-order valence-electron chi connectivity index (χ0n) is 13.7. The molecule has 2 aromatic heterocycles. The summed E-state index contributed by atoms with van der Waals surface area (Å²) in [5.41, 5.74) is 0.973. The Hall–Kier alpha value is -1.69. The summed E-state index contributed by atoms with van der Waals surface area (Å²) in [7, 11) is 2.17. The maximum absolute atomic E-state index is 4.54. The standard InChI is InChI=1S/C16H26N6/c1-3-4-5-6-7-22-16-14(12-19-22)15(17-13-18-16)21-10-8-20(2)9-11-21/h12-13H,3-11H2,1-2H3. The smallest absolute Gasteiger partial charge is 0.163 e. The van der Waals surface area contributed by atoms with Gasteiger partial charge in [0.25, 0.3) is 0 Å². The number of aromatic nitrogens is 4. The van der Waals surface area contributed by atoms with Gasteiger partial charge in [-0.3, -0.25) is 0 Å². The summed E-state index contributed by atoms with van der Waals surface area (Å²) in [5.74, 6) is 1.04. The summed E-state index contributed by atoms with van der Waals surface area (Å²) < 4.78 is 2.03. The molecular weight excluding hydrogens is 276 g/mol. The van der Waals surface area contributed by atoms with Crippen LogP contribution in [0.2, 0.25) is 0 Å². The van der Waals surface area contributed by atoms with Gasteiger partial charge in [-0.2, -0.15) is 5.10 Å². The molecule has 0 atom stereocenters. The lowest BCUT2D eigenvalue weighted by Crippen LogP contribution is -2.44. The van der Waals surface area contributed by atoms with Crippen molar-refractivity contribution in [1.29, 1.82) is 0 Å². The second-order valence-corrected chi connectivity index (χ2v) is 6.15. The number of rotatable bonds is 6. The molecule has 120 valence electrons. The van der Waals surface area contributed by atoms with Crippen LogP contribution in [-0.4, -0.2) is 57.9 Å². The molecule has 0 saturated carbocycles. The SMILES string of the molecule is CCCCCCn1ncc2c(N3CCN(C)CC3)ncnc21. The molecule has 0 spiro atoms. The molecule has 0 radical (unpaired) electrons. The highest BCUT2D eigenvalue weighted by Gasteiger charge is 2.19. The molecule has 6 nitrogen and oxygen atoms in total. The third kappa shape index (κ3) is 3.21. The van der Waals surface area contributed by atoms with Crippen LogP contribution in [0.25, 0.3) is 11.0 Å². The largest absolute Gasteiger partial charge is 0.353 e. The van der Waals surface area contributed by atoms with Crippen LogP contribution in [0.4, 0.5) is 5.82 Å². The zero-order chi connectivity index (χ0) is 15.4. The van der Waals surface area contributed by atoms with Crippen LogP contribution in [0, 0.1) is 0 Å². The van der Waals surface area contributed by atoms with Crippen LogP contribution in [0.5, 0.6) is 0 Å². The van der Waals surface area contributed by atoms with Crippen LogP contribution in [0.15, 0.2) is 12.5 Å². The number of anilines is 1. The van der Waals surface area contributed by atoms with Crippen molar-refractivity contribution < 1.29 is 0 Å². The highest BCUT2D eigenvalue weighted by molar-refractivity contribution is 5.86. The van der Waals surface area contributed by atoms with E-state index in [9.17, 15) is 0 Å². The number of aryl methyl sites for hydroxylation is 1. The van der Waals surface area contributed by atoms with Crippen LogP contribution in [0.1, 0.15) is 32.6 Å². The molecule has 3 heterocycles. The molecule has 0 bridgehead atoms. The Morgan fingerprint density at radius 3 is 2.64 bits per heavy atom. The van der Waals surface area contributed by atoms with E-state index in [0.717, 1.165) is 49.6 Å². The molecule has 6 heteroatoms. The summed E-state index contributed by atoms with van der Waals surface area (Å²) in [6.45, 7) is 7.38. The van der Waals surface area contributed by atoms with E-state index in [-0.39, 0.29) is 0 Å². The van der Waals surface area contributed by atoms with Crippen molar-refractivity contribution >= 4 is 16.9 Å². The molecule has 1 aliphatic rings. The molecular formula is C16H26N6. The number of hydrogen-bond acceptors (Lipinski definition) is 5. The van der Waals surface area contributed by atoms with Crippen LogP contribution < -0.4 is 4.90 Å². The average Bonchev–Trinajstić information content (AvgIpc) is 2.96. The Morgan fingerprint density at radius 1 is 1.05 bits per heavy atom. The minimum absolute atomic E-state index is 0.947. The number of fused-ring (bicyclic) bond motifs is 1. The van der Waals surface area contributed by atoms with Gasteiger partial charge in [-0.15, -0.1) is 0 Å². The fourth-order valence-electron chi connectivity index (χ4n) is 3.00. The lowest BCUT2D eigenvalue weighted by atomic mass is 10.2. The summed E-state index contributed by atoms with van der Waals surface area (Å²) >= 11 is 0. The van der Waals surface area contributed by atoms with Crippen molar-refractivity contribution in [1.82, 2.24) is 24.6 Å². The number of unbranched alkanes of at least 4 members (excludes halogenated alkanes) is 3. The molecule has 1 fully saturated rings. The molecule has 0 aromatic carbocycles. The normalized spacial score (nSPS) is 16.5. The first-order valence-electron chi connectivity index (χ1n) is 8.39. The van der Waals surface area contributed by atoms with Crippen LogP contribution in [-0.2, 0) is 6.54 Å². The molecule has 1 aliphatic heterocycles. The first kappa shape index (κ1) is 15.2. The topological polar surface area (TPSA) is 50.1 Å². The molecule has 0 N–H and O–H groups in total. The van der Waals surface area contributed by atoms with Crippen molar-refractivity contribution in [2.75, 3.05) is 38.1 Å². The van der Waals surface area contributed by atoms with Crippen molar-refractivity contribution in [3.05, 3.63) is 12.5 Å². The Balaban J connectivity index is 1.76. The average molecular weight is 302 g/mol. The number of likely N-dealkylation sites (N-methyl/N-ethyl adjacent to an activating group) is 1. The molecule has 0 aliphatic carbocycles. The number of nitrogens with zero attached hydrogens (tertiary/aromatic N) is 6. The Bertz CT molecular complexity index is 600. The zero-order valence-corrected chi connectivity index (χ0v) is 13.7. The monoisotopic (exact) mass is 302 g/mol. The van der Waals surface area contributed by atoms with E-state index in [0.29, 0.717) is 0 Å². The van der Waals surface area contributed by atoms with Gasteiger partial charge in [0.2, 0.25) is 0 Å². The molecule has 0 amide bonds. The Kier molecular flexibility index (Phi) is 4.87. The van der Waals surface area contributed by atoms with E-state index >= 15 is 0 Å². The molecule has 2 aromatic rings. The third-order valence-electron chi connectivity index (χ3n) is 4.44. The van der Waals surface area contributed by atoms with Crippen molar-refractivity contribution in [2.24, 2.45) is 0 Å². The van der Waals surface area contributed by atoms with E-state index in [1.54, 1.807) is 6.33 Å². The van der Waals surface area contributed by atoms with Gasteiger partial charge in [0, 0.05) is 32.7 Å². The van der Waals surface area contributed by atoms with Gasteiger partial charge in [-0.1, -0.05) is 26.2 Å². The highest BCUT2D eigenvalue weighted by Crippen LogP contribution is 2.23. The van der Waals surface area contributed by atoms with E-state index < -0.39 is 0 Å². The van der Waals surface area contributed by atoms with Crippen molar-refractivity contribution in [2.45, 2.75) is 39.2 Å². The summed E-state index contributed by atoms with van der Waals surface area (Å²) in [6.07, 6.45) is 8.59. The van der Waals surface area contributed by atoms with Gasteiger partial charge in [0.15, 0.2) is 5.65 Å². The van der Waals surface area contributed by atoms with E-state index in [1.165, 1.54) is 25.7 Å². The van der Waals surface area contributed by atoms with Gasteiger partial charge >= 0.3 is 0 Å². The summed E-state index contributed by atoms with van der Waals surface area (Å²) in [5, 5.41) is 5.63. The first-order chi connectivity index (χ1) is 10.8. The second kappa shape index (κ2) is 7.05. The molecule has 22 heavy (non-hydrogen) atoms. The van der Waals surface area contributed by atoms with Gasteiger partial charge < -0.3 is 9.80 Å². The first-order valence-corrected chi connectivity index (χ1v) is 8.39. The Labute approximate surface area is 132 Å². The van der Waals surface area contributed by atoms with Crippen LogP contribution >= 0.6 is 0 Å². The van der Waals surface area contributed by atoms with Crippen LogP contribution in [0.3, 0.4) is 0 Å². The Morgan fingerprint density at radius 2 is 1.86 bits per heavy atom. The van der Waals surface area contributed by atoms with Crippen molar-refractivity contribution in [3.8, 4) is 0 Å². The maximum atomic E-state index is 4.54. The van der Waals surface area contributed by atoms with E-state index in [4.69, 9.17) is 0 Å². The number of hydrogen-bond donors (Lipinski definition) is 0. The van der Waals surface area contributed by atoms with Crippen molar-refractivity contribution in [3.63, 3.8) is 0 Å². The predicted molar refractivity (Wildman–Crippen MR) is 89.2 cm³/mol. The quantitative estimate of drug-likeness (QED) is 0.765. The van der Waals surface area contributed by atoms with Gasteiger partial charge in [-0.05, 0) is 13.5 Å². The van der Waals surface area contributed by atoms with E-state index in [2.05, 4.69) is 38.8 Å². The lowest BCUT2D eigenvalue weighted by molar-refractivity contribution is 0.312. The fourth-order valence-corrected chi connectivity index (χ4v) is 3.00. The second-order valence-electron chi connectivity index (χ2n) is 6.15. The van der Waals surface area contributed by atoms with Gasteiger partial charge in [-0.25, -0.2) is 14.6 Å². The minimum atomic E-state index is 0.947. The third-order valence-corrected chi connectivity index (χ3v) is 4.44. The highest BCUT2D eigenvalue weighted by atomic mass is 15.3. The predicted octanol–water partition coefficient (Wildman–Crippen LogP) is 2.16. The fraction of sp³-hybridized carbons (Fsp3) is 0.688.